The number of amides is 1. The van der Waals surface area contributed by atoms with Gasteiger partial charge in [-0.15, -0.1) is 0 Å². The number of nitrogens with zero attached hydrogens (tertiary/aromatic N) is 3. The van der Waals surface area contributed by atoms with Crippen LogP contribution in [0.15, 0.2) is 55.1 Å². The molecule has 6 heteroatoms. The van der Waals surface area contributed by atoms with Gasteiger partial charge in [0, 0.05) is 31.1 Å². The SMILES string of the molecule is O=C(Cc1cccc(F)c1)N1CCc2[nH]cnc2C1c1ccncc1. The third-order valence-electron chi connectivity index (χ3n) is 4.51. The van der Waals surface area contributed by atoms with Gasteiger partial charge >= 0.3 is 0 Å². The Morgan fingerprint density at radius 3 is 2.92 bits per heavy atom. The topological polar surface area (TPSA) is 61.9 Å². The molecule has 0 saturated carbocycles. The molecule has 0 radical (unpaired) electrons. The smallest absolute Gasteiger partial charge is 0.227 e. The van der Waals surface area contributed by atoms with E-state index < -0.39 is 0 Å². The second-order valence-electron chi connectivity index (χ2n) is 6.09. The second kappa shape index (κ2) is 6.47. The molecule has 126 valence electrons. The number of fused-ring (bicyclic) bond motifs is 1. The van der Waals surface area contributed by atoms with E-state index in [0.717, 1.165) is 23.4 Å². The first kappa shape index (κ1) is 15.5. The van der Waals surface area contributed by atoms with Crippen molar-refractivity contribution in [3.05, 3.63) is 83.5 Å². The second-order valence-corrected chi connectivity index (χ2v) is 6.09. The molecule has 4 rings (SSSR count). The molecule has 0 fully saturated rings. The number of hydrogen-bond donors (Lipinski definition) is 1. The minimum absolute atomic E-state index is 0.0407. The van der Waals surface area contributed by atoms with Crippen molar-refractivity contribution in [2.45, 2.75) is 18.9 Å². The van der Waals surface area contributed by atoms with Crippen molar-refractivity contribution in [2.75, 3.05) is 6.54 Å². The van der Waals surface area contributed by atoms with E-state index in [1.165, 1.54) is 12.1 Å². The maximum absolute atomic E-state index is 13.4. The van der Waals surface area contributed by atoms with E-state index in [0.29, 0.717) is 12.1 Å². The maximum atomic E-state index is 13.4. The Hall–Kier alpha value is -3.02. The molecule has 1 aliphatic rings. The van der Waals surface area contributed by atoms with Crippen LogP contribution in [0.3, 0.4) is 0 Å². The lowest BCUT2D eigenvalue weighted by Gasteiger charge is -2.35. The summed E-state index contributed by atoms with van der Waals surface area (Å²) in [5.74, 6) is -0.370. The molecule has 1 aliphatic heterocycles. The number of H-pyrrole nitrogens is 1. The molecule has 1 aromatic carbocycles. The first-order valence-electron chi connectivity index (χ1n) is 8.18. The number of pyridine rings is 1. The summed E-state index contributed by atoms with van der Waals surface area (Å²) in [6.45, 7) is 0.594. The van der Waals surface area contributed by atoms with E-state index in [1.54, 1.807) is 30.9 Å². The molecule has 0 saturated heterocycles. The quantitative estimate of drug-likeness (QED) is 0.800. The van der Waals surface area contributed by atoms with Gasteiger partial charge in [-0.3, -0.25) is 9.78 Å². The van der Waals surface area contributed by atoms with E-state index in [2.05, 4.69) is 15.0 Å². The fourth-order valence-corrected chi connectivity index (χ4v) is 3.35. The monoisotopic (exact) mass is 336 g/mol. The highest BCUT2D eigenvalue weighted by Crippen LogP contribution is 2.33. The van der Waals surface area contributed by atoms with Crippen LogP contribution in [0.1, 0.15) is 28.6 Å². The summed E-state index contributed by atoms with van der Waals surface area (Å²) in [6.07, 6.45) is 5.99. The van der Waals surface area contributed by atoms with Crippen molar-refractivity contribution in [3.8, 4) is 0 Å². The number of benzene rings is 1. The Bertz CT molecular complexity index is 893. The highest BCUT2D eigenvalue weighted by atomic mass is 19.1. The summed E-state index contributed by atoms with van der Waals surface area (Å²) in [4.78, 5) is 26.4. The van der Waals surface area contributed by atoms with Crippen LogP contribution in [0.2, 0.25) is 0 Å². The number of hydrogen-bond acceptors (Lipinski definition) is 3. The van der Waals surface area contributed by atoms with E-state index in [-0.39, 0.29) is 24.2 Å². The zero-order valence-corrected chi connectivity index (χ0v) is 13.5. The maximum Gasteiger partial charge on any atom is 0.227 e. The number of halogens is 1. The van der Waals surface area contributed by atoms with E-state index >= 15 is 0 Å². The molecule has 0 aliphatic carbocycles. The normalized spacial score (nSPS) is 16.5. The molecule has 1 N–H and O–H groups in total. The summed E-state index contributed by atoms with van der Waals surface area (Å²) in [5, 5.41) is 0. The minimum atomic E-state index is -0.329. The van der Waals surface area contributed by atoms with Crippen molar-refractivity contribution in [2.24, 2.45) is 0 Å². The molecule has 25 heavy (non-hydrogen) atoms. The predicted molar refractivity (Wildman–Crippen MR) is 90.2 cm³/mol. The van der Waals surface area contributed by atoms with Crippen molar-refractivity contribution in [1.82, 2.24) is 19.9 Å². The number of imidazole rings is 1. The first-order valence-corrected chi connectivity index (χ1v) is 8.18. The Kier molecular flexibility index (Phi) is 4.01. The summed E-state index contributed by atoms with van der Waals surface area (Å²) in [6, 6.07) is 9.73. The largest absolute Gasteiger partial charge is 0.348 e. The van der Waals surface area contributed by atoms with Crippen LogP contribution in [0.5, 0.6) is 0 Å². The van der Waals surface area contributed by atoms with Gasteiger partial charge in [-0.2, -0.15) is 0 Å². The van der Waals surface area contributed by atoms with Gasteiger partial charge in [0.05, 0.1) is 18.4 Å². The zero-order valence-electron chi connectivity index (χ0n) is 13.5. The molecule has 0 spiro atoms. The number of carbonyl (C=O) groups excluding carboxylic acids is 1. The van der Waals surface area contributed by atoms with Gasteiger partial charge in [-0.05, 0) is 35.4 Å². The van der Waals surface area contributed by atoms with Gasteiger partial charge in [0.15, 0.2) is 0 Å². The summed E-state index contributed by atoms with van der Waals surface area (Å²) in [7, 11) is 0. The van der Waals surface area contributed by atoms with Gasteiger partial charge in [0.2, 0.25) is 5.91 Å². The molecule has 5 nitrogen and oxygen atoms in total. The fraction of sp³-hybridized carbons (Fsp3) is 0.211. The first-order chi connectivity index (χ1) is 12.2. The van der Waals surface area contributed by atoms with Crippen LogP contribution in [-0.4, -0.2) is 32.3 Å². The van der Waals surface area contributed by atoms with Crippen LogP contribution in [-0.2, 0) is 17.6 Å². The number of carbonyl (C=O) groups is 1. The van der Waals surface area contributed by atoms with E-state index in [4.69, 9.17) is 0 Å². The average Bonchev–Trinajstić information content (AvgIpc) is 3.10. The highest BCUT2D eigenvalue weighted by Gasteiger charge is 2.33. The number of aromatic amines is 1. The third kappa shape index (κ3) is 3.03. The third-order valence-corrected chi connectivity index (χ3v) is 4.51. The van der Waals surface area contributed by atoms with E-state index in [1.807, 2.05) is 17.0 Å². The van der Waals surface area contributed by atoms with Crippen molar-refractivity contribution < 1.29 is 9.18 Å². The zero-order chi connectivity index (χ0) is 17.2. The van der Waals surface area contributed by atoms with Crippen LogP contribution in [0.4, 0.5) is 4.39 Å². The molecule has 1 amide bonds. The molecular formula is C19H17FN4O. The lowest BCUT2D eigenvalue weighted by atomic mass is 9.95. The van der Waals surface area contributed by atoms with Crippen molar-refractivity contribution >= 4 is 5.91 Å². The van der Waals surface area contributed by atoms with Gasteiger partial charge < -0.3 is 9.88 Å². The molecule has 1 atom stereocenters. The minimum Gasteiger partial charge on any atom is -0.348 e. The molecule has 3 heterocycles. The molecule has 2 aromatic heterocycles. The van der Waals surface area contributed by atoms with Gasteiger partial charge in [0.1, 0.15) is 11.9 Å². The van der Waals surface area contributed by atoms with E-state index in [9.17, 15) is 9.18 Å². The Labute approximate surface area is 144 Å². The lowest BCUT2D eigenvalue weighted by Crippen LogP contribution is -2.41. The molecule has 3 aromatic rings. The van der Waals surface area contributed by atoms with Crippen LogP contribution in [0.25, 0.3) is 0 Å². The van der Waals surface area contributed by atoms with Crippen molar-refractivity contribution in [1.29, 1.82) is 0 Å². The highest BCUT2D eigenvalue weighted by molar-refractivity contribution is 5.80. The Morgan fingerprint density at radius 1 is 1.28 bits per heavy atom. The van der Waals surface area contributed by atoms with Crippen LogP contribution < -0.4 is 0 Å². The predicted octanol–water partition coefficient (Wildman–Crippen LogP) is 2.66. The average molecular weight is 336 g/mol. The standard InChI is InChI=1S/C19H17FN4O/c20-15-3-1-2-13(10-15)11-17(25)24-9-6-16-18(23-12-22-16)19(24)14-4-7-21-8-5-14/h1-5,7-8,10,12,19H,6,9,11H2,(H,22,23). The van der Waals surface area contributed by atoms with Crippen molar-refractivity contribution in [3.63, 3.8) is 0 Å². The molecule has 0 bridgehead atoms. The van der Waals surface area contributed by atoms with Gasteiger partial charge in [0.25, 0.3) is 0 Å². The van der Waals surface area contributed by atoms with Gasteiger partial charge in [-0.1, -0.05) is 12.1 Å². The lowest BCUT2D eigenvalue weighted by molar-refractivity contribution is -0.132. The van der Waals surface area contributed by atoms with Gasteiger partial charge in [-0.25, -0.2) is 9.37 Å². The summed E-state index contributed by atoms with van der Waals surface area (Å²) in [5.41, 5.74) is 3.56. The number of rotatable bonds is 3. The Balaban J connectivity index is 1.66. The number of nitrogens with one attached hydrogen (secondary N) is 1. The summed E-state index contributed by atoms with van der Waals surface area (Å²) >= 11 is 0. The fourth-order valence-electron chi connectivity index (χ4n) is 3.35. The number of aromatic nitrogens is 3. The summed E-state index contributed by atoms with van der Waals surface area (Å²) < 4.78 is 13.4. The molecular weight excluding hydrogens is 319 g/mol. The van der Waals surface area contributed by atoms with Crippen LogP contribution in [0, 0.1) is 5.82 Å². The molecule has 1 unspecified atom stereocenters. The Morgan fingerprint density at radius 2 is 2.12 bits per heavy atom. The van der Waals surface area contributed by atoms with Crippen LogP contribution >= 0.6 is 0 Å².